The molecular formula is C14H17N3O. The Balaban J connectivity index is 1.73. The molecule has 0 amide bonds. The van der Waals surface area contributed by atoms with Crippen LogP contribution in [0.5, 0.6) is 0 Å². The zero-order valence-corrected chi connectivity index (χ0v) is 10.3. The topological polar surface area (TPSA) is 64.9 Å². The summed E-state index contributed by atoms with van der Waals surface area (Å²) in [7, 11) is 0. The Kier molecular flexibility index (Phi) is 3.00. The lowest BCUT2D eigenvalue weighted by Crippen LogP contribution is -1.91. The van der Waals surface area contributed by atoms with Gasteiger partial charge in [-0.25, -0.2) is 0 Å². The highest BCUT2D eigenvalue weighted by Gasteiger charge is 2.22. The van der Waals surface area contributed by atoms with Crippen molar-refractivity contribution in [1.82, 2.24) is 10.2 Å². The molecule has 1 fully saturated rings. The van der Waals surface area contributed by atoms with E-state index in [1.54, 1.807) is 0 Å². The lowest BCUT2D eigenvalue weighted by molar-refractivity contribution is 0.422. The van der Waals surface area contributed by atoms with Crippen molar-refractivity contribution in [2.75, 3.05) is 5.73 Å². The van der Waals surface area contributed by atoms with Crippen LogP contribution in [0.3, 0.4) is 0 Å². The largest absolute Gasteiger partial charge is 0.425 e. The second-order valence-corrected chi connectivity index (χ2v) is 4.94. The fraction of sp³-hybridized carbons (Fsp3) is 0.429. The van der Waals surface area contributed by atoms with Crippen LogP contribution in [0.1, 0.15) is 48.9 Å². The molecule has 1 aliphatic carbocycles. The zero-order valence-electron chi connectivity index (χ0n) is 10.3. The van der Waals surface area contributed by atoms with Gasteiger partial charge in [0.1, 0.15) is 0 Å². The Hall–Kier alpha value is -1.84. The Bertz CT molecular complexity index is 529. The Morgan fingerprint density at radius 2 is 2.06 bits per heavy atom. The molecule has 18 heavy (non-hydrogen) atoms. The van der Waals surface area contributed by atoms with Crippen molar-refractivity contribution in [2.45, 2.75) is 38.0 Å². The Morgan fingerprint density at radius 1 is 1.22 bits per heavy atom. The van der Waals surface area contributed by atoms with Gasteiger partial charge in [-0.15, -0.1) is 10.2 Å². The molecule has 1 aliphatic rings. The van der Waals surface area contributed by atoms with Gasteiger partial charge < -0.3 is 10.2 Å². The summed E-state index contributed by atoms with van der Waals surface area (Å²) in [5.74, 6) is 1.97. The molecule has 0 unspecified atom stereocenters. The monoisotopic (exact) mass is 243 g/mol. The highest BCUT2D eigenvalue weighted by Crippen LogP contribution is 2.33. The van der Waals surface area contributed by atoms with Crippen molar-refractivity contribution in [2.24, 2.45) is 0 Å². The summed E-state index contributed by atoms with van der Waals surface area (Å²) in [5.41, 5.74) is 7.63. The van der Waals surface area contributed by atoms with E-state index in [4.69, 9.17) is 10.2 Å². The number of nitrogen functional groups attached to an aromatic ring is 1. The van der Waals surface area contributed by atoms with Gasteiger partial charge >= 0.3 is 0 Å². The van der Waals surface area contributed by atoms with Gasteiger partial charge in [-0.1, -0.05) is 25.0 Å². The normalized spacial score (nSPS) is 16.2. The highest BCUT2D eigenvalue weighted by molar-refractivity contribution is 5.41. The van der Waals surface area contributed by atoms with E-state index in [9.17, 15) is 0 Å². The third-order valence-corrected chi connectivity index (χ3v) is 3.49. The number of hydrogen-bond acceptors (Lipinski definition) is 4. The molecule has 0 aliphatic heterocycles. The summed E-state index contributed by atoms with van der Waals surface area (Å²) >= 11 is 0. The second kappa shape index (κ2) is 4.80. The molecule has 0 saturated heterocycles. The van der Waals surface area contributed by atoms with Crippen LogP contribution in [-0.4, -0.2) is 10.2 Å². The van der Waals surface area contributed by atoms with Crippen molar-refractivity contribution in [3.63, 3.8) is 0 Å². The number of anilines is 1. The van der Waals surface area contributed by atoms with E-state index in [2.05, 4.69) is 10.2 Å². The Morgan fingerprint density at radius 3 is 2.83 bits per heavy atom. The first-order valence-electron chi connectivity index (χ1n) is 6.48. The first kappa shape index (κ1) is 11.3. The summed E-state index contributed by atoms with van der Waals surface area (Å²) in [5, 5.41) is 8.30. The molecule has 1 saturated carbocycles. The number of hydrogen-bond donors (Lipinski definition) is 1. The molecule has 94 valence electrons. The summed E-state index contributed by atoms with van der Waals surface area (Å²) in [6.45, 7) is 0. The predicted octanol–water partition coefficient (Wildman–Crippen LogP) is 2.90. The van der Waals surface area contributed by atoms with E-state index in [-0.39, 0.29) is 0 Å². The summed E-state index contributed by atoms with van der Waals surface area (Å²) in [4.78, 5) is 0. The van der Waals surface area contributed by atoms with Crippen LogP contribution in [0.25, 0.3) is 0 Å². The van der Waals surface area contributed by atoms with Gasteiger partial charge in [0.2, 0.25) is 11.8 Å². The summed E-state index contributed by atoms with van der Waals surface area (Å²) < 4.78 is 5.75. The average molecular weight is 243 g/mol. The van der Waals surface area contributed by atoms with E-state index in [0.717, 1.165) is 17.1 Å². The molecule has 2 N–H and O–H groups in total. The lowest BCUT2D eigenvalue weighted by Gasteiger charge is -2.01. The number of aromatic nitrogens is 2. The maximum Gasteiger partial charge on any atom is 0.220 e. The van der Waals surface area contributed by atoms with E-state index in [1.165, 1.54) is 25.7 Å². The molecule has 4 heteroatoms. The van der Waals surface area contributed by atoms with Crippen LogP contribution in [0, 0.1) is 0 Å². The zero-order chi connectivity index (χ0) is 12.4. The molecule has 3 rings (SSSR count). The predicted molar refractivity (Wildman–Crippen MR) is 69.2 cm³/mol. The van der Waals surface area contributed by atoms with Crippen molar-refractivity contribution < 1.29 is 4.42 Å². The van der Waals surface area contributed by atoms with Gasteiger partial charge in [0, 0.05) is 11.6 Å². The van der Waals surface area contributed by atoms with Crippen LogP contribution in [-0.2, 0) is 6.42 Å². The van der Waals surface area contributed by atoms with Gasteiger partial charge in [-0.05, 0) is 30.5 Å². The minimum absolute atomic E-state index is 0.479. The van der Waals surface area contributed by atoms with Crippen LogP contribution in [0.2, 0.25) is 0 Å². The molecule has 1 aromatic carbocycles. The molecule has 2 aromatic rings. The smallest absolute Gasteiger partial charge is 0.220 e. The fourth-order valence-corrected chi connectivity index (χ4v) is 2.55. The third-order valence-electron chi connectivity index (χ3n) is 3.49. The SMILES string of the molecule is Nc1cccc(Cc2nnc(C3CCCC3)o2)c1. The maximum absolute atomic E-state index is 5.75. The van der Waals surface area contributed by atoms with Gasteiger partial charge in [0.15, 0.2) is 0 Å². The number of nitrogens with two attached hydrogens (primary N) is 1. The van der Waals surface area contributed by atoms with E-state index in [0.29, 0.717) is 18.2 Å². The van der Waals surface area contributed by atoms with Crippen molar-refractivity contribution in [3.05, 3.63) is 41.6 Å². The highest BCUT2D eigenvalue weighted by atomic mass is 16.4. The first-order valence-corrected chi connectivity index (χ1v) is 6.48. The minimum Gasteiger partial charge on any atom is -0.425 e. The molecular weight excluding hydrogens is 226 g/mol. The van der Waals surface area contributed by atoms with Crippen LogP contribution < -0.4 is 5.73 Å². The first-order chi connectivity index (χ1) is 8.81. The number of nitrogens with zero attached hydrogens (tertiary/aromatic N) is 2. The average Bonchev–Trinajstić information content (AvgIpc) is 2.98. The third kappa shape index (κ3) is 2.37. The van der Waals surface area contributed by atoms with E-state index in [1.807, 2.05) is 24.3 Å². The summed E-state index contributed by atoms with van der Waals surface area (Å²) in [6.07, 6.45) is 5.57. The van der Waals surface area contributed by atoms with Gasteiger partial charge in [0.05, 0.1) is 6.42 Å². The molecule has 0 spiro atoms. The molecule has 0 radical (unpaired) electrons. The van der Waals surface area contributed by atoms with Crippen LogP contribution in [0.15, 0.2) is 28.7 Å². The van der Waals surface area contributed by atoms with Crippen LogP contribution in [0.4, 0.5) is 5.69 Å². The van der Waals surface area contributed by atoms with Crippen molar-refractivity contribution in [3.8, 4) is 0 Å². The molecule has 1 heterocycles. The summed E-state index contributed by atoms with van der Waals surface area (Å²) in [6, 6.07) is 7.79. The standard InChI is InChI=1S/C14H17N3O/c15-12-7-3-4-10(8-12)9-13-16-17-14(18-13)11-5-1-2-6-11/h3-4,7-8,11H,1-2,5-6,9,15H2. The molecule has 0 atom stereocenters. The number of rotatable bonds is 3. The molecule has 4 nitrogen and oxygen atoms in total. The van der Waals surface area contributed by atoms with Gasteiger partial charge in [-0.2, -0.15) is 0 Å². The molecule has 1 aromatic heterocycles. The van der Waals surface area contributed by atoms with Crippen LogP contribution >= 0.6 is 0 Å². The second-order valence-electron chi connectivity index (χ2n) is 4.94. The minimum atomic E-state index is 0.479. The lowest BCUT2D eigenvalue weighted by atomic mass is 10.1. The number of benzene rings is 1. The van der Waals surface area contributed by atoms with Crippen molar-refractivity contribution in [1.29, 1.82) is 0 Å². The van der Waals surface area contributed by atoms with E-state index < -0.39 is 0 Å². The van der Waals surface area contributed by atoms with E-state index >= 15 is 0 Å². The van der Waals surface area contributed by atoms with Gasteiger partial charge in [-0.3, -0.25) is 0 Å². The van der Waals surface area contributed by atoms with Gasteiger partial charge in [0.25, 0.3) is 0 Å². The molecule has 0 bridgehead atoms. The quantitative estimate of drug-likeness (QED) is 0.842. The maximum atomic E-state index is 5.75. The van der Waals surface area contributed by atoms with Crippen molar-refractivity contribution >= 4 is 5.69 Å². The fourth-order valence-electron chi connectivity index (χ4n) is 2.55. The Labute approximate surface area is 106 Å².